The Labute approximate surface area is 119 Å². The number of hydrogen-bond donors (Lipinski definition) is 1. The standard InChI is InChI=1S/C17H32N2/c1-9-11-14(19-12-10-2)15(3,4)13-16(5,6)17(7,8)18/h9-12H,13,18H2,1-8H3/b11-9-,12-10-,19-14+. The number of allylic oxidation sites excluding steroid dienone is 3. The van der Waals surface area contributed by atoms with Crippen molar-refractivity contribution in [1.82, 2.24) is 0 Å². The van der Waals surface area contributed by atoms with Crippen LogP contribution in [0, 0.1) is 10.8 Å². The van der Waals surface area contributed by atoms with Gasteiger partial charge in [0.2, 0.25) is 0 Å². The van der Waals surface area contributed by atoms with E-state index in [1.807, 2.05) is 32.2 Å². The van der Waals surface area contributed by atoms with E-state index in [0.717, 1.165) is 12.1 Å². The van der Waals surface area contributed by atoms with Gasteiger partial charge >= 0.3 is 0 Å². The van der Waals surface area contributed by atoms with E-state index in [4.69, 9.17) is 5.73 Å². The van der Waals surface area contributed by atoms with Crippen LogP contribution < -0.4 is 5.73 Å². The molecule has 0 aliphatic carbocycles. The fraction of sp³-hybridized carbons (Fsp3) is 0.706. The van der Waals surface area contributed by atoms with Gasteiger partial charge in [-0.1, -0.05) is 39.8 Å². The van der Waals surface area contributed by atoms with Gasteiger partial charge in [0.05, 0.1) is 0 Å². The van der Waals surface area contributed by atoms with Crippen molar-refractivity contribution in [2.24, 2.45) is 21.6 Å². The summed E-state index contributed by atoms with van der Waals surface area (Å²) in [5.41, 5.74) is 7.24. The van der Waals surface area contributed by atoms with E-state index in [9.17, 15) is 0 Å². The van der Waals surface area contributed by atoms with Crippen LogP contribution in [0.1, 0.15) is 61.8 Å². The lowest BCUT2D eigenvalue weighted by molar-refractivity contribution is 0.145. The molecule has 0 atom stereocenters. The second-order valence-corrected chi connectivity index (χ2v) is 7.16. The summed E-state index contributed by atoms with van der Waals surface area (Å²) in [6, 6.07) is 0. The monoisotopic (exact) mass is 264 g/mol. The molecule has 19 heavy (non-hydrogen) atoms. The molecule has 0 rings (SSSR count). The van der Waals surface area contributed by atoms with Gasteiger partial charge in [-0.15, -0.1) is 0 Å². The van der Waals surface area contributed by atoms with Gasteiger partial charge in [-0.05, 0) is 45.6 Å². The first-order valence-corrected chi connectivity index (χ1v) is 7.09. The number of aliphatic imine (C=N–C) groups is 1. The molecule has 0 spiro atoms. The minimum absolute atomic E-state index is 0.00778. The summed E-state index contributed by atoms with van der Waals surface area (Å²) < 4.78 is 0. The van der Waals surface area contributed by atoms with Crippen molar-refractivity contribution in [1.29, 1.82) is 0 Å². The first-order chi connectivity index (χ1) is 8.48. The topological polar surface area (TPSA) is 38.4 Å². The van der Waals surface area contributed by atoms with Crippen molar-refractivity contribution in [2.75, 3.05) is 0 Å². The molecular formula is C17H32N2. The van der Waals surface area contributed by atoms with Crippen molar-refractivity contribution in [3.8, 4) is 0 Å². The highest BCUT2D eigenvalue weighted by Gasteiger charge is 2.39. The van der Waals surface area contributed by atoms with Gasteiger partial charge in [-0.2, -0.15) is 0 Å². The highest BCUT2D eigenvalue weighted by molar-refractivity contribution is 5.99. The van der Waals surface area contributed by atoms with Crippen LogP contribution in [0.2, 0.25) is 0 Å². The van der Waals surface area contributed by atoms with Gasteiger partial charge in [0.25, 0.3) is 0 Å². The second kappa shape index (κ2) is 6.51. The third-order valence-electron chi connectivity index (χ3n) is 4.01. The molecule has 0 radical (unpaired) electrons. The summed E-state index contributed by atoms with van der Waals surface area (Å²) >= 11 is 0. The van der Waals surface area contributed by atoms with Crippen molar-refractivity contribution >= 4 is 5.71 Å². The van der Waals surface area contributed by atoms with E-state index in [2.05, 4.69) is 52.6 Å². The fourth-order valence-corrected chi connectivity index (χ4v) is 2.18. The Morgan fingerprint density at radius 2 is 1.53 bits per heavy atom. The molecule has 2 nitrogen and oxygen atoms in total. The summed E-state index contributed by atoms with van der Waals surface area (Å²) in [5.74, 6) is 0. The predicted molar refractivity (Wildman–Crippen MR) is 87.5 cm³/mol. The van der Waals surface area contributed by atoms with E-state index in [-0.39, 0.29) is 16.4 Å². The minimum atomic E-state index is -0.216. The predicted octanol–water partition coefficient (Wildman–Crippen LogP) is 4.72. The van der Waals surface area contributed by atoms with Crippen molar-refractivity contribution in [3.63, 3.8) is 0 Å². The Kier molecular flexibility index (Phi) is 6.21. The normalized spacial score (nSPS) is 15.7. The number of nitrogens with two attached hydrogens (primary N) is 1. The van der Waals surface area contributed by atoms with Crippen LogP contribution in [0.4, 0.5) is 0 Å². The molecule has 0 aliphatic heterocycles. The molecule has 0 saturated heterocycles. The quantitative estimate of drug-likeness (QED) is 0.693. The lowest BCUT2D eigenvalue weighted by Gasteiger charge is -2.44. The van der Waals surface area contributed by atoms with Gasteiger partial charge in [0, 0.05) is 22.9 Å². The summed E-state index contributed by atoms with van der Waals surface area (Å²) in [7, 11) is 0. The Morgan fingerprint density at radius 3 is 1.89 bits per heavy atom. The van der Waals surface area contributed by atoms with E-state index in [0.29, 0.717) is 0 Å². The molecule has 0 aromatic rings. The molecule has 0 fully saturated rings. The summed E-state index contributed by atoms with van der Waals surface area (Å²) in [4.78, 5) is 4.58. The summed E-state index contributed by atoms with van der Waals surface area (Å²) in [5, 5.41) is 0. The lowest BCUT2D eigenvalue weighted by Crippen LogP contribution is -2.50. The van der Waals surface area contributed by atoms with Crippen LogP contribution in [-0.4, -0.2) is 11.3 Å². The largest absolute Gasteiger partial charge is 0.325 e. The number of hydrogen-bond acceptors (Lipinski definition) is 2. The Morgan fingerprint density at radius 1 is 1.00 bits per heavy atom. The molecule has 0 aromatic carbocycles. The number of nitrogens with zero attached hydrogens (tertiary/aromatic N) is 1. The third-order valence-corrected chi connectivity index (χ3v) is 4.01. The molecule has 0 saturated carbocycles. The molecule has 0 amide bonds. The molecule has 0 heterocycles. The Balaban J connectivity index is 5.35. The van der Waals surface area contributed by atoms with Crippen LogP contribution in [-0.2, 0) is 0 Å². The Bertz CT molecular complexity index is 363. The SMILES string of the molecule is C\C=C/N=C(\C=C/C)C(C)(C)CC(C)(C)C(C)(C)N. The average molecular weight is 264 g/mol. The second-order valence-electron chi connectivity index (χ2n) is 7.16. The molecule has 2 N–H and O–H groups in total. The van der Waals surface area contributed by atoms with E-state index >= 15 is 0 Å². The number of rotatable bonds is 6. The zero-order chi connectivity index (χ0) is 15.3. The average Bonchev–Trinajstić information content (AvgIpc) is 2.20. The fourth-order valence-electron chi connectivity index (χ4n) is 2.18. The first kappa shape index (κ1) is 18.1. The van der Waals surface area contributed by atoms with Crippen molar-refractivity contribution in [3.05, 3.63) is 24.4 Å². The van der Waals surface area contributed by atoms with Gasteiger partial charge in [-0.3, -0.25) is 4.99 Å². The molecular weight excluding hydrogens is 232 g/mol. The van der Waals surface area contributed by atoms with Crippen molar-refractivity contribution < 1.29 is 0 Å². The van der Waals surface area contributed by atoms with E-state index in [1.165, 1.54) is 0 Å². The molecule has 2 heteroatoms. The van der Waals surface area contributed by atoms with E-state index in [1.54, 1.807) is 0 Å². The summed E-state index contributed by atoms with van der Waals surface area (Å²) in [6.07, 6.45) is 8.95. The minimum Gasteiger partial charge on any atom is -0.325 e. The molecule has 0 bridgehead atoms. The van der Waals surface area contributed by atoms with E-state index < -0.39 is 0 Å². The maximum atomic E-state index is 6.32. The maximum Gasteiger partial charge on any atom is 0.0456 e. The van der Waals surface area contributed by atoms with Gasteiger partial charge in [-0.25, -0.2) is 0 Å². The highest BCUT2D eigenvalue weighted by atomic mass is 14.8. The van der Waals surface area contributed by atoms with Crippen molar-refractivity contribution in [2.45, 2.75) is 67.3 Å². The lowest BCUT2D eigenvalue weighted by atomic mass is 9.64. The van der Waals surface area contributed by atoms with Gasteiger partial charge in [0.1, 0.15) is 0 Å². The third kappa shape index (κ3) is 5.32. The zero-order valence-electron chi connectivity index (χ0n) is 14.0. The van der Waals surface area contributed by atoms with Crippen LogP contribution in [0.5, 0.6) is 0 Å². The first-order valence-electron chi connectivity index (χ1n) is 7.09. The van der Waals surface area contributed by atoms with Crippen LogP contribution in [0.15, 0.2) is 29.4 Å². The smallest absolute Gasteiger partial charge is 0.0456 e. The van der Waals surface area contributed by atoms with Gasteiger partial charge in [0.15, 0.2) is 0 Å². The highest BCUT2D eigenvalue weighted by Crippen LogP contribution is 2.41. The maximum absolute atomic E-state index is 6.32. The molecule has 0 unspecified atom stereocenters. The van der Waals surface area contributed by atoms with Gasteiger partial charge < -0.3 is 5.73 Å². The molecule has 0 aromatic heterocycles. The molecule has 0 aliphatic rings. The van der Waals surface area contributed by atoms with Crippen LogP contribution in [0.25, 0.3) is 0 Å². The van der Waals surface area contributed by atoms with Crippen LogP contribution >= 0.6 is 0 Å². The van der Waals surface area contributed by atoms with Crippen LogP contribution in [0.3, 0.4) is 0 Å². The zero-order valence-corrected chi connectivity index (χ0v) is 14.0. The summed E-state index contributed by atoms with van der Waals surface area (Å²) in [6.45, 7) is 17.2. The molecule has 110 valence electrons. The Hall–Kier alpha value is -0.890.